The van der Waals surface area contributed by atoms with Crippen LogP contribution in [0.5, 0.6) is 0 Å². The molecule has 4 nitrogen and oxygen atoms in total. The van der Waals surface area contributed by atoms with E-state index in [4.69, 9.17) is 5.73 Å². The summed E-state index contributed by atoms with van der Waals surface area (Å²) >= 11 is 1.44. The molecular formula is C13H20N2O2S. The molecular weight excluding hydrogens is 248 g/mol. The van der Waals surface area contributed by atoms with Crippen molar-refractivity contribution in [1.82, 2.24) is 0 Å². The molecule has 18 heavy (non-hydrogen) atoms. The van der Waals surface area contributed by atoms with Crippen LogP contribution in [0.2, 0.25) is 0 Å². The minimum Gasteiger partial charge on any atom is -0.397 e. The Morgan fingerprint density at radius 3 is 2.50 bits per heavy atom. The van der Waals surface area contributed by atoms with E-state index < -0.39 is 6.10 Å². The molecule has 4 N–H and O–H groups in total. The SMILES string of the molecule is CC(SC(C)C(C)O)C(=O)Nc1ccccc1N. The molecule has 5 heteroatoms. The van der Waals surface area contributed by atoms with Crippen molar-refractivity contribution in [3.63, 3.8) is 0 Å². The molecule has 1 amide bonds. The van der Waals surface area contributed by atoms with Crippen LogP contribution in [-0.2, 0) is 4.79 Å². The van der Waals surface area contributed by atoms with Crippen molar-refractivity contribution in [3.05, 3.63) is 24.3 Å². The molecule has 0 saturated carbocycles. The number of thioether (sulfide) groups is 1. The van der Waals surface area contributed by atoms with Crippen molar-refractivity contribution in [3.8, 4) is 0 Å². The first-order valence-corrected chi connectivity index (χ1v) is 6.85. The first-order chi connectivity index (χ1) is 8.41. The molecule has 0 fully saturated rings. The molecule has 3 unspecified atom stereocenters. The van der Waals surface area contributed by atoms with Gasteiger partial charge in [0.1, 0.15) is 0 Å². The number of carbonyl (C=O) groups excluding carboxylic acids is 1. The van der Waals surface area contributed by atoms with Crippen molar-refractivity contribution < 1.29 is 9.90 Å². The number of benzene rings is 1. The van der Waals surface area contributed by atoms with E-state index in [1.165, 1.54) is 11.8 Å². The molecule has 1 rings (SSSR count). The van der Waals surface area contributed by atoms with E-state index in [9.17, 15) is 9.90 Å². The maximum Gasteiger partial charge on any atom is 0.237 e. The molecule has 0 heterocycles. The number of para-hydroxylation sites is 2. The fourth-order valence-electron chi connectivity index (χ4n) is 1.34. The molecule has 0 aromatic heterocycles. The lowest BCUT2D eigenvalue weighted by Crippen LogP contribution is -2.27. The van der Waals surface area contributed by atoms with E-state index >= 15 is 0 Å². The van der Waals surface area contributed by atoms with Gasteiger partial charge in [0.25, 0.3) is 0 Å². The average molecular weight is 268 g/mol. The van der Waals surface area contributed by atoms with Crippen LogP contribution in [0.25, 0.3) is 0 Å². The van der Waals surface area contributed by atoms with Gasteiger partial charge in [-0.15, -0.1) is 11.8 Å². The van der Waals surface area contributed by atoms with Crippen molar-refractivity contribution in [1.29, 1.82) is 0 Å². The number of hydrogen-bond acceptors (Lipinski definition) is 4. The smallest absolute Gasteiger partial charge is 0.237 e. The molecule has 0 saturated heterocycles. The molecule has 0 spiro atoms. The summed E-state index contributed by atoms with van der Waals surface area (Å²) < 4.78 is 0. The predicted octanol–water partition coefficient (Wildman–Crippen LogP) is 2.10. The van der Waals surface area contributed by atoms with E-state index in [1.54, 1.807) is 19.1 Å². The van der Waals surface area contributed by atoms with Gasteiger partial charge >= 0.3 is 0 Å². The van der Waals surface area contributed by atoms with Gasteiger partial charge in [0.05, 0.1) is 22.7 Å². The summed E-state index contributed by atoms with van der Waals surface area (Å²) in [4.78, 5) is 12.0. The quantitative estimate of drug-likeness (QED) is 0.715. The van der Waals surface area contributed by atoms with Gasteiger partial charge in [0.2, 0.25) is 5.91 Å². The van der Waals surface area contributed by atoms with E-state index in [0.29, 0.717) is 11.4 Å². The number of nitrogen functional groups attached to an aromatic ring is 1. The van der Waals surface area contributed by atoms with Gasteiger partial charge in [-0.1, -0.05) is 19.1 Å². The Morgan fingerprint density at radius 2 is 1.94 bits per heavy atom. The van der Waals surface area contributed by atoms with Crippen molar-refractivity contribution in [2.45, 2.75) is 37.4 Å². The van der Waals surface area contributed by atoms with E-state index in [1.807, 2.05) is 26.0 Å². The molecule has 0 radical (unpaired) electrons. The Kier molecular flexibility index (Phi) is 5.50. The third kappa shape index (κ3) is 4.23. The van der Waals surface area contributed by atoms with Gasteiger partial charge < -0.3 is 16.2 Å². The van der Waals surface area contributed by atoms with Crippen LogP contribution < -0.4 is 11.1 Å². The van der Waals surface area contributed by atoms with Crippen LogP contribution in [0.4, 0.5) is 11.4 Å². The number of amides is 1. The second-order valence-electron chi connectivity index (χ2n) is 4.30. The lowest BCUT2D eigenvalue weighted by Gasteiger charge is -2.19. The standard InChI is InChI=1S/C13H20N2O2S/c1-8(16)9(2)18-10(3)13(17)15-12-7-5-4-6-11(12)14/h4-10,16H,14H2,1-3H3,(H,15,17). The van der Waals surface area contributed by atoms with Gasteiger partial charge in [0, 0.05) is 5.25 Å². The monoisotopic (exact) mass is 268 g/mol. The maximum absolute atomic E-state index is 12.0. The van der Waals surface area contributed by atoms with E-state index in [2.05, 4.69) is 5.32 Å². The fraction of sp³-hybridized carbons (Fsp3) is 0.462. The number of rotatable bonds is 5. The number of nitrogens with one attached hydrogen (secondary N) is 1. The third-order valence-corrected chi connectivity index (χ3v) is 4.13. The highest BCUT2D eigenvalue weighted by atomic mass is 32.2. The normalized spacial score (nSPS) is 15.8. The van der Waals surface area contributed by atoms with Crippen LogP contribution in [0.15, 0.2) is 24.3 Å². The minimum atomic E-state index is -0.438. The van der Waals surface area contributed by atoms with Crippen LogP contribution in [0, 0.1) is 0 Å². The second-order valence-corrected chi connectivity index (χ2v) is 6.02. The number of nitrogens with two attached hydrogens (primary N) is 1. The molecule has 0 aliphatic carbocycles. The number of anilines is 2. The highest BCUT2D eigenvalue weighted by Crippen LogP contribution is 2.23. The Morgan fingerprint density at radius 1 is 1.33 bits per heavy atom. The number of aliphatic hydroxyl groups excluding tert-OH is 1. The predicted molar refractivity (Wildman–Crippen MR) is 77.7 cm³/mol. The number of aliphatic hydroxyl groups is 1. The van der Waals surface area contributed by atoms with Crippen molar-refractivity contribution in [2.24, 2.45) is 0 Å². The van der Waals surface area contributed by atoms with Crippen LogP contribution in [0.3, 0.4) is 0 Å². The van der Waals surface area contributed by atoms with Gasteiger partial charge in [-0.3, -0.25) is 4.79 Å². The highest BCUT2D eigenvalue weighted by Gasteiger charge is 2.19. The highest BCUT2D eigenvalue weighted by molar-refractivity contribution is 8.01. The second kappa shape index (κ2) is 6.66. The summed E-state index contributed by atoms with van der Waals surface area (Å²) in [5.41, 5.74) is 6.93. The summed E-state index contributed by atoms with van der Waals surface area (Å²) in [5.74, 6) is -0.106. The summed E-state index contributed by atoms with van der Waals surface area (Å²) in [6, 6.07) is 7.15. The lowest BCUT2D eigenvalue weighted by atomic mass is 10.2. The number of carbonyl (C=O) groups is 1. The minimum absolute atomic E-state index is 0.0128. The third-order valence-electron chi connectivity index (χ3n) is 2.69. The molecule has 0 bridgehead atoms. The molecule has 0 aliphatic rings. The van der Waals surface area contributed by atoms with Gasteiger partial charge in [-0.2, -0.15) is 0 Å². The molecule has 1 aromatic carbocycles. The zero-order chi connectivity index (χ0) is 13.7. The van der Waals surface area contributed by atoms with Crippen molar-refractivity contribution in [2.75, 3.05) is 11.1 Å². The molecule has 3 atom stereocenters. The zero-order valence-electron chi connectivity index (χ0n) is 10.9. The molecule has 1 aromatic rings. The van der Waals surface area contributed by atoms with Crippen molar-refractivity contribution >= 4 is 29.0 Å². The van der Waals surface area contributed by atoms with Crippen LogP contribution in [0.1, 0.15) is 20.8 Å². The Bertz CT molecular complexity index is 410. The van der Waals surface area contributed by atoms with Gasteiger partial charge in [-0.05, 0) is 26.0 Å². The maximum atomic E-state index is 12.0. The Labute approximate surface area is 112 Å². The summed E-state index contributed by atoms with van der Waals surface area (Å²) in [6.45, 7) is 5.44. The van der Waals surface area contributed by atoms with E-state index in [0.717, 1.165) is 0 Å². The molecule has 100 valence electrons. The lowest BCUT2D eigenvalue weighted by molar-refractivity contribution is -0.115. The van der Waals surface area contributed by atoms with E-state index in [-0.39, 0.29) is 16.4 Å². The Hall–Kier alpha value is -1.20. The van der Waals surface area contributed by atoms with Gasteiger partial charge in [-0.25, -0.2) is 0 Å². The molecule has 0 aliphatic heterocycles. The zero-order valence-corrected chi connectivity index (χ0v) is 11.7. The van der Waals surface area contributed by atoms with Crippen LogP contribution >= 0.6 is 11.8 Å². The fourth-order valence-corrected chi connectivity index (χ4v) is 2.40. The summed E-state index contributed by atoms with van der Waals surface area (Å²) in [7, 11) is 0. The first kappa shape index (κ1) is 14.9. The largest absolute Gasteiger partial charge is 0.397 e. The van der Waals surface area contributed by atoms with Gasteiger partial charge in [0.15, 0.2) is 0 Å². The summed E-state index contributed by atoms with van der Waals surface area (Å²) in [6.07, 6.45) is -0.438. The summed E-state index contributed by atoms with van der Waals surface area (Å²) in [5, 5.41) is 12.0. The first-order valence-electron chi connectivity index (χ1n) is 5.90. The topological polar surface area (TPSA) is 75.3 Å². The Balaban J connectivity index is 2.58. The number of hydrogen-bond donors (Lipinski definition) is 3. The van der Waals surface area contributed by atoms with Crippen LogP contribution in [-0.4, -0.2) is 27.6 Å². The average Bonchev–Trinajstić information content (AvgIpc) is 2.31.